The number of nitrogens with zero attached hydrogens (tertiary/aromatic N) is 3. The van der Waals surface area contributed by atoms with Gasteiger partial charge in [-0.05, 0) is 30.3 Å². The maximum atomic E-state index is 12.8. The largest absolute Gasteiger partial charge is 0.496 e. The summed E-state index contributed by atoms with van der Waals surface area (Å²) in [6, 6.07) is 14.6. The monoisotopic (exact) mass is 397 g/mol. The first-order valence-electron chi connectivity index (χ1n) is 8.69. The van der Waals surface area contributed by atoms with Crippen molar-refractivity contribution in [2.75, 3.05) is 13.7 Å². The minimum Gasteiger partial charge on any atom is -0.496 e. The predicted molar refractivity (Wildman–Crippen MR) is 107 cm³/mol. The van der Waals surface area contributed by atoms with Gasteiger partial charge in [0.15, 0.2) is 0 Å². The molecule has 0 aliphatic rings. The Labute approximate surface area is 168 Å². The van der Waals surface area contributed by atoms with Gasteiger partial charge >= 0.3 is 0 Å². The lowest BCUT2D eigenvalue weighted by molar-refractivity contribution is -0.130. The Hall–Kier alpha value is -3.12. The van der Waals surface area contributed by atoms with Crippen molar-refractivity contribution in [3.8, 4) is 17.1 Å². The number of aromatic nitrogens is 2. The third kappa shape index (κ3) is 4.78. The summed E-state index contributed by atoms with van der Waals surface area (Å²) in [5.41, 5.74) is 1.60. The van der Waals surface area contributed by atoms with E-state index in [-0.39, 0.29) is 18.9 Å². The quantitative estimate of drug-likeness (QED) is 0.534. The van der Waals surface area contributed by atoms with Crippen LogP contribution in [0.1, 0.15) is 11.5 Å². The minimum atomic E-state index is -0.0874. The summed E-state index contributed by atoms with van der Waals surface area (Å²) >= 11 is 5.90. The highest BCUT2D eigenvalue weighted by atomic mass is 35.5. The van der Waals surface area contributed by atoms with E-state index in [9.17, 15) is 4.79 Å². The molecular weight excluding hydrogens is 378 g/mol. The number of carbonyl (C=O) groups is 1. The zero-order valence-corrected chi connectivity index (χ0v) is 16.2. The van der Waals surface area contributed by atoms with Gasteiger partial charge in [-0.1, -0.05) is 41.0 Å². The average molecular weight is 398 g/mol. The van der Waals surface area contributed by atoms with Crippen molar-refractivity contribution in [3.63, 3.8) is 0 Å². The number of para-hydroxylation sites is 1. The van der Waals surface area contributed by atoms with Crippen LogP contribution in [0.3, 0.4) is 0 Å². The molecule has 28 heavy (non-hydrogen) atoms. The molecule has 0 N–H and O–H groups in total. The molecule has 1 amide bonds. The molecule has 0 aliphatic carbocycles. The van der Waals surface area contributed by atoms with Gasteiger partial charge in [0.1, 0.15) is 12.3 Å². The number of benzene rings is 2. The van der Waals surface area contributed by atoms with Gasteiger partial charge in [0.2, 0.25) is 17.6 Å². The molecule has 0 unspecified atom stereocenters. The van der Waals surface area contributed by atoms with Crippen molar-refractivity contribution in [1.29, 1.82) is 0 Å². The van der Waals surface area contributed by atoms with Crippen molar-refractivity contribution < 1.29 is 14.1 Å². The van der Waals surface area contributed by atoms with Crippen LogP contribution in [-0.2, 0) is 17.8 Å². The molecule has 3 aromatic rings. The molecule has 0 saturated carbocycles. The van der Waals surface area contributed by atoms with Crippen LogP contribution in [0.25, 0.3) is 11.4 Å². The molecule has 1 heterocycles. The summed E-state index contributed by atoms with van der Waals surface area (Å²) < 4.78 is 10.6. The summed E-state index contributed by atoms with van der Waals surface area (Å²) in [4.78, 5) is 18.8. The van der Waals surface area contributed by atoms with E-state index in [1.165, 1.54) is 0 Å². The van der Waals surface area contributed by atoms with Crippen molar-refractivity contribution >= 4 is 17.5 Å². The highest BCUT2D eigenvalue weighted by Crippen LogP contribution is 2.21. The van der Waals surface area contributed by atoms with Crippen molar-refractivity contribution in [1.82, 2.24) is 15.0 Å². The molecule has 0 radical (unpaired) electrons. The van der Waals surface area contributed by atoms with Crippen molar-refractivity contribution in [2.45, 2.75) is 13.0 Å². The van der Waals surface area contributed by atoms with Crippen LogP contribution in [0.2, 0.25) is 5.02 Å². The number of halogens is 1. The summed E-state index contributed by atoms with van der Waals surface area (Å²) in [5.74, 6) is 1.38. The highest BCUT2D eigenvalue weighted by molar-refractivity contribution is 6.30. The summed E-state index contributed by atoms with van der Waals surface area (Å²) in [5, 5.41) is 4.62. The Morgan fingerprint density at radius 3 is 2.71 bits per heavy atom. The maximum absolute atomic E-state index is 12.8. The van der Waals surface area contributed by atoms with E-state index in [4.69, 9.17) is 20.9 Å². The van der Waals surface area contributed by atoms with Gasteiger partial charge in [-0.2, -0.15) is 4.98 Å². The van der Waals surface area contributed by atoms with E-state index >= 15 is 0 Å². The average Bonchev–Trinajstić information content (AvgIpc) is 3.17. The Morgan fingerprint density at radius 2 is 2.00 bits per heavy atom. The first-order valence-corrected chi connectivity index (χ1v) is 9.07. The molecule has 2 aromatic carbocycles. The Balaban J connectivity index is 1.73. The molecule has 0 spiro atoms. The molecule has 7 heteroatoms. The molecule has 0 atom stereocenters. The number of hydrogen-bond donors (Lipinski definition) is 0. The molecule has 144 valence electrons. The first-order chi connectivity index (χ1) is 13.6. The number of carbonyl (C=O) groups excluding carboxylic acids is 1. The van der Waals surface area contributed by atoms with E-state index in [1.54, 1.807) is 30.2 Å². The van der Waals surface area contributed by atoms with Crippen LogP contribution >= 0.6 is 11.6 Å². The minimum absolute atomic E-state index is 0.0874. The zero-order valence-electron chi connectivity index (χ0n) is 15.5. The van der Waals surface area contributed by atoms with Gasteiger partial charge in [-0.3, -0.25) is 4.79 Å². The number of rotatable bonds is 8. The van der Waals surface area contributed by atoms with Gasteiger partial charge in [-0.25, -0.2) is 0 Å². The Morgan fingerprint density at radius 1 is 1.25 bits per heavy atom. The first kappa shape index (κ1) is 19.6. The van der Waals surface area contributed by atoms with Gasteiger partial charge < -0.3 is 14.2 Å². The van der Waals surface area contributed by atoms with Crippen LogP contribution in [0.5, 0.6) is 5.75 Å². The van der Waals surface area contributed by atoms with E-state index in [2.05, 4.69) is 16.7 Å². The lowest BCUT2D eigenvalue weighted by Crippen LogP contribution is -2.32. The smallest absolute Gasteiger partial charge is 0.246 e. The van der Waals surface area contributed by atoms with Crippen LogP contribution in [0.4, 0.5) is 0 Å². The maximum Gasteiger partial charge on any atom is 0.246 e. The molecule has 0 aliphatic heterocycles. The van der Waals surface area contributed by atoms with Crippen molar-refractivity contribution in [3.05, 3.63) is 77.7 Å². The molecule has 3 rings (SSSR count). The lowest BCUT2D eigenvalue weighted by Gasteiger charge is -2.19. The van der Waals surface area contributed by atoms with Gasteiger partial charge in [-0.15, -0.1) is 6.58 Å². The number of methoxy groups -OCH3 is 1. The van der Waals surface area contributed by atoms with Crippen LogP contribution in [0, 0.1) is 0 Å². The lowest BCUT2D eigenvalue weighted by atomic mass is 10.1. The fourth-order valence-electron chi connectivity index (χ4n) is 2.73. The number of amides is 1. The van der Waals surface area contributed by atoms with Gasteiger partial charge in [0, 0.05) is 22.7 Å². The second-order valence-electron chi connectivity index (χ2n) is 6.07. The van der Waals surface area contributed by atoms with Gasteiger partial charge in [0.05, 0.1) is 13.5 Å². The van der Waals surface area contributed by atoms with E-state index in [0.717, 1.165) is 11.1 Å². The molecule has 0 saturated heterocycles. The zero-order chi connectivity index (χ0) is 19.9. The number of hydrogen-bond acceptors (Lipinski definition) is 5. The van der Waals surface area contributed by atoms with Crippen LogP contribution < -0.4 is 4.74 Å². The SMILES string of the molecule is C=CCN(Cc1nc(-c2ccc(Cl)cc2)no1)C(=O)Cc1ccccc1OC. The summed E-state index contributed by atoms with van der Waals surface area (Å²) in [6.07, 6.45) is 1.87. The van der Waals surface area contributed by atoms with E-state index in [0.29, 0.717) is 29.0 Å². The fourth-order valence-corrected chi connectivity index (χ4v) is 2.86. The summed E-state index contributed by atoms with van der Waals surface area (Å²) in [6.45, 7) is 4.29. The second-order valence-corrected chi connectivity index (χ2v) is 6.51. The molecule has 0 fully saturated rings. The Bertz CT molecular complexity index is 954. The van der Waals surface area contributed by atoms with Gasteiger partial charge in [0.25, 0.3) is 0 Å². The fraction of sp³-hybridized carbons (Fsp3) is 0.190. The van der Waals surface area contributed by atoms with E-state index in [1.807, 2.05) is 36.4 Å². The van der Waals surface area contributed by atoms with Crippen LogP contribution in [0.15, 0.2) is 65.7 Å². The van der Waals surface area contributed by atoms with Crippen LogP contribution in [-0.4, -0.2) is 34.6 Å². The third-order valence-corrected chi connectivity index (χ3v) is 4.38. The number of ether oxygens (including phenoxy) is 1. The molecule has 1 aromatic heterocycles. The predicted octanol–water partition coefficient (Wildman–Crippen LogP) is 4.16. The topological polar surface area (TPSA) is 68.5 Å². The molecule has 6 nitrogen and oxygen atoms in total. The molecule has 0 bridgehead atoms. The normalized spacial score (nSPS) is 10.5. The second kappa shape index (κ2) is 9.19. The van der Waals surface area contributed by atoms with Crippen molar-refractivity contribution in [2.24, 2.45) is 0 Å². The highest BCUT2D eigenvalue weighted by Gasteiger charge is 2.19. The summed E-state index contributed by atoms with van der Waals surface area (Å²) in [7, 11) is 1.58. The third-order valence-electron chi connectivity index (χ3n) is 4.13. The molecular formula is C21H20ClN3O3. The van der Waals surface area contributed by atoms with E-state index < -0.39 is 0 Å². The standard InChI is InChI=1S/C21H20ClN3O3/c1-3-12-25(20(26)13-16-6-4-5-7-18(16)27-2)14-19-23-21(24-28-19)15-8-10-17(22)11-9-15/h3-11H,1,12-14H2,2H3. The Kier molecular flexibility index (Phi) is 6.45.